The number of rotatable bonds is 6. The Morgan fingerprint density at radius 1 is 1.18 bits per heavy atom. The van der Waals surface area contributed by atoms with Gasteiger partial charge in [0.25, 0.3) is 11.5 Å². The number of nitrogens with zero attached hydrogens (tertiary/aromatic N) is 1. The quantitative estimate of drug-likeness (QED) is 0.709. The molecule has 146 valence electrons. The number of halogens is 1. The molecule has 0 saturated heterocycles. The van der Waals surface area contributed by atoms with E-state index >= 15 is 0 Å². The maximum atomic E-state index is 14.1. The van der Waals surface area contributed by atoms with Gasteiger partial charge in [-0.15, -0.1) is 0 Å². The lowest BCUT2D eigenvalue weighted by molar-refractivity contribution is 0.0675. The third kappa shape index (κ3) is 4.12. The summed E-state index contributed by atoms with van der Waals surface area (Å²) in [6.07, 6.45) is 0. The van der Waals surface area contributed by atoms with Crippen LogP contribution in [-0.4, -0.2) is 36.1 Å². The largest absolute Gasteiger partial charge is 0.383 e. The first-order valence-corrected chi connectivity index (χ1v) is 9.06. The minimum Gasteiger partial charge on any atom is -0.383 e. The lowest BCUT2D eigenvalue weighted by Crippen LogP contribution is -2.35. The van der Waals surface area contributed by atoms with E-state index in [1.54, 1.807) is 12.1 Å². The first kappa shape index (κ1) is 19.8. The van der Waals surface area contributed by atoms with Gasteiger partial charge in [0.2, 0.25) is 0 Å². The van der Waals surface area contributed by atoms with Crippen LogP contribution in [0.15, 0.2) is 47.3 Å². The number of hydrogen-bond acceptors (Lipinski definition) is 3. The molecule has 1 N–H and O–H groups in total. The van der Waals surface area contributed by atoms with Crippen LogP contribution in [0.2, 0.25) is 0 Å². The summed E-state index contributed by atoms with van der Waals surface area (Å²) in [5.41, 5.74) is 3.01. The number of benzene rings is 2. The number of carbonyl (C=O) groups is 1. The second-order valence-electron chi connectivity index (χ2n) is 6.87. The van der Waals surface area contributed by atoms with Gasteiger partial charge in [-0.1, -0.05) is 23.8 Å². The molecule has 0 bridgehead atoms. The number of aromatic nitrogens is 1. The topological polar surface area (TPSA) is 62.4 Å². The molecule has 0 spiro atoms. The molecule has 0 aliphatic rings. The van der Waals surface area contributed by atoms with Crippen molar-refractivity contribution in [1.82, 2.24) is 9.88 Å². The van der Waals surface area contributed by atoms with Gasteiger partial charge in [-0.05, 0) is 49.1 Å². The number of aryl methyl sites for hydroxylation is 2. The van der Waals surface area contributed by atoms with E-state index < -0.39 is 11.7 Å². The number of carbonyl (C=O) groups excluding carboxylic acids is 1. The Morgan fingerprint density at radius 2 is 1.93 bits per heavy atom. The molecule has 2 aromatic carbocycles. The molecule has 0 saturated carbocycles. The van der Waals surface area contributed by atoms with Crippen LogP contribution >= 0.6 is 0 Å². The Hall–Kier alpha value is -2.99. The summed E-state index contributed by atoms with van der Waals surface area (Å²) in [7, 11) is 1.53. The number of aromatic amines is 1. The average molecular weight is 382 g/mol. The summed E-state index contributed by atoms with van der Waals surface area (Å²) in [5.74, 6) is -1.07. The summed E-state index contributed by atoms with van der Waals surface area (Å²) in [5, 5.41) is 0.900. The fourth-order valence-corrected chi connectivity index (χ4v) is 3.31. The molecule has 1 heterocycles. The molecule has 3 aromatic rings. The molecule has 0 atom stereocenters. The molecule has 0 radical (unpaired) electrons. The van der Waals surface area contributed by atoms with Crippen molar-refractivity contribution in [3.8, 4) is 0 Å². The van der Waals surface area contributed by atoms with Crippen molar-refractivity contribution in [2.24, 2.45) is 0 Å². The Morgan fingerprint density at radius 3 is 2.64 bits per heavy atom. The summed E-state index contributed by atoms with van der Waals surface area (Å²) < 4.78 is 19.2. The summed E-state index contributed by atoms with van der Waals surface area (Å²) in [4.78, 5) is 29.8. The van der Waals surface area contributed by atoms with Gasteiger partial charge in [0.05, 0.1) is 24.2 Å². The normalized spacial score (nSPS) is 11.0. The van der Waals surface area contributed by atoms with E-state index in [0.29, 0.717) is 5.56 Å². The van der Waals surface area contributed by atoms with Crippen LogP contribution in [0.4, 0.5) is 4.39 Å². The Kier molecular flexibility index (Phi) is 5.90. The second kappa shape index (κ2) is 8.35. The van der Waals surface area contributed by atoms with E-state index in [1.165, 1.54) is 30.2 Å². The molecule has 3 rings (SSSR count). The van der Waals surface area contributed by atoms with Gasteiger partial charge >= 0.3 is 0 Å². The summed E-state index contributed by atoms with van der Waals surface area (Å²) in [6.45, 7) is 4.52. The summed E-state index contributed by atoms with van der Waals surface area (Å²) >= 11 is 0. The molecule has 0 fully saturated rings. The van der Waals surface area contributed by atoms with Gasteiger partial charge < -0.3 is 14.6 Å². The number of amides is 1. The van der Waals surface area contributed by atoms with Crippen LogP contribution in [0, 0.1) is 19.7 Å². The molecule has 5 nitrogen and oxygen atoms in total. The van der Waals surface area contributed by atoms with E-state index in [9.17, 15) is 14.0 Å². The number of ether oxygens (including phenoxy) is 1. The predicted molar refractivity (Wildman–Crippen MR) is 107 cm³/mol. The van der Waals surface area contributed by atoms with Gasteiger partial charge in [-0.3, -0.25) is 9.59 Å². The van der Waals surface area contributed by atoms with E-state index in [0.717, 1.165) is 22.0 Å². The highest BCUT2D eigenvalue weighted by Crippen LogP contribution is 2.19. The minimum atomic E-state index is -0.589. The van der Waals surface area contributed by atoms with Gasteiger partial charge in [-0.2, -0.15) is 0 Å². The van der Waals surface area contributed by atoms with Crippen LogP contribution in [0.1, 0.15) is 27.0 Å². The molecule has 28 heavy (non-hydrogen) atoms. The molecular weight excluding hydrogens is 359 g/mol. The van der Waals surface area contributed by atoms with Crippen molar-refractivity contribution in [2.45, 2.75) is 20.4 Å². The van der Waals surface area contributed by atoms with Crippen LogP contribution in [0.5, 0.6) is 0 Å². The first-order chi connectivity index (χ1) is 13.4. The fourth-order valence-electron chi connectivity index (χ4n) is 3.31. The van der Waals surface area contributed by atoms with E-state index in [4.69, 9.17) is 4.74 Å². The molecular formula is C22H23FN2O3. The zero-order chi connectivity index (χ0) is 20.3. The fraction of sp³-hybridized carbons (Fsp3) is 0.273. The van der Waals surface area contributed by atoms with Crippen molar-refractivity contribution in [1.29, 1.82) is 0 Å². The number of nitrogens with one attached hydrogen (secondary N) is 1. The first-order valence-electron chi connectivity index (χ1n) is 9.06. The molecule has 1 aromatic heterocycles. The summed E-state index contributed by atoms with van der Waals surface area (Å²) in [6, 6.07) is 11.6. The van der Waals surface area contributed by atoms with Gasteiger partial charge in [0, 0.05) is 19.2 Å². The lowest BCUT2D eigenvalue weighted by atomic mass is 10.0. The smallest absolute Gasteiger partial charge is 0.257 e. The second-order valence-corrected chi connectivity index (χ2v) is 6.87. The third-order valence-corrected chi connectivity index (χ3v) is 4.69. The van der Waals surface area contributed by atoms with Crippen LogP contribution in [0.25, 0.3) is 10.9 Å². The average Bonchev–Trinajstić information content (AvgIpc) is 2.66. The monoisotopic (exact) mass is 382 g/mol. The minimum absolute atomic E-state index is 0.0255. The number of pyridine rings is 1. The third-order valence-electron chi connectivity index (χ3n) is 4.69. The maximum Gasteiger partial charge on any atom is 0.257 e. The van der Waals surface area contributed by atoms with Gasteiger partial charge in [0.15, 0.2) is 0 Å². The highest BCUT2D eigenvalue weighted by atomic mass is 19.1. The predicted octanol–water partition coefficient (Wildman–Crippen LogP) is 3.57. The van der Waals surface area contributed by atoms with Gasteiger partial charge in [0.1, 0.15) is 5.82 Å². The number of H-pyrrole nitrogens is 1. The maximum absolute atomic E-state index is 14.1. The zero-order valence-electron chi connectivity index (χ0n) is 16.2. The van der Waals surface area contributed by atoms with Crippen LogP contribution in [-0.2, 0) is 11.3 Å². The molecule has 1 amide bonds. The highest BCUT2D eigenvalue weighted by molar-refractivity contribution is 5.94. The standard InChI is InChI=1S/C22H23FN2O3/c1-14-10-15(2)20-16(11-14)12-17(21(26)24-20)13-25(8-9-28-3)22(27)18-6-4-5-7-19(18)23/h4-7,10-12H,8-9,13H2,1-3H3,(H,24,26). The lowest BCUT2D eigenvalue weighted by Gasteiger charge is -2.23. The molecule has 0 unspecified atom stereocenters. The Labute approximate surface area is 162 Å². The number of methoxy groups -OCH3 is 1. The van der Waals surface area contributed by atoms with Crippen molar-refractivity contribution in [3.63, 3.8) is 0 Å². The molecule has 6 heteroatoms. The van der Waals surface area contributed by atoms with E-state index in [2.05, 4.69) is 4.98 Å². The highest BCUT2D eigenvalue weighted by Gasteiger charge is 2.20. The molecule has 0 aliphatic carbocycles. The Balaban J connectivity index is 1.99. The number of hydrogen-bond donors (Lipinski definition) is 1. The number of fused-ring (bicyclic) bond motifs is 1. The molecule has 0 aliphatic heterocycles. The zero-order valence-corrected chi connectivity index (χ0v) is 16.2. The van der Waals surface area contributed by atoms with Crippen molar-refractivity contribution >= 4 is 16.8 Å². The van der Waals surface area contributed by atoms with Crippen molar-refractivity contribution in [2.75, 3.05) is 20.3 Å². The van der Waals surface area contributed by atoms with E-state index in [1.807, 2.05) is 26.0 Å². The SMILES string of the molecule is COCCN(Cc1cc2cc(C)cc(C)c2[nH]c1=O)C(=O)c1ccccc1F. The Bertz CT molecular complexity index is 1080. The van der Waals surface area contributed by atoms with Crippen molar-refractivity contribution < 1.29 is 13.9 Å². The van der Waals surface area contributed by atoms with Crippen molar-refractivity contribution in [3.05, 3.63) is 80.9 Å². The van der Waals surface area contributed by atoms with E-state index in [-0.39, 0.29) is 30.8 Å². The van der Waals surface area contributed by atoms with Crippen LogP contribution in [0.3, 0.4) is 0 Å². The van der Waals surface area contributed by atoms with Gasteiger partial charge in [-0.25, -0.2) is 4.39 Å². The van der Waals surface area contributed by atoms with Crippen LogP contribution < -0.4 is 5.56 Å².